The quantitative estimate of drug-likeness (QED) is 0.417. The molecule has 0 spiro atoms. The van der Waals surface area contributed by atoms with Crippen LogP contribution >= 0.6 is 11.6 Å². The molecule has 7 nitrogen and oxygen atoms in total. The van der Waals surface area contributed by atoms with Gasteiger partial charge in [-0.15, -0.1) is 0 Å². The van der Waals surface area contributed by atoms with Crippen molar-refractivity contribution in [2.75, 3.05) is 24.2 Å². The van der Waals surface area contributed by atoms with Crippen LogP contribution in [0.5, 0.6) is 5.75 Å². The Hall–Kier alpha value is -3.79. The minimum Gasteiger partial charge on any atom is -0.461 e. The zero-order chi connectivity index (χ0) is 25.6. The molecule has 1 aliphatic rings. The van der Waals surface area contributed by atoms with E-state index in [9.17, 15) is 18.0 Å². The second-order valence-electron chi connectivity index (χ2n) is 7.44. The van der Waals surface area contributed by atoms with E-state index in [-0.39, 0.29) is 5.69 Å². The smallest absolute Gasteiger partial charge is 0.417 e. The van der Waals surface area contributed by atoms with Crippen molar-refractivity contribution in [3.63, 3.8) is 0 Å². The van der Waals surface area contributed by atoms with Gasteiger partial charge in [-0.1, -0.05) is 11.6 Å². The van der Waals surface area contributed by atoms with Gasteiger partial charge in [0.25, 0.3) is 0 Å². The lowest BCUT2D eigenvalue weighted by Gasteiger charge is -2.19. The molecule has 0 atom stereocenters. The number of halogens is 4. The van der Waals surface area contributed by atoms with E-state index in [0.29, 0.717) is 35.7 Å². The summed E-state index contributed by atoms with van der Waals surface area (Å²) < 4.78 is 45.0. The van der Waals surface area contributed by atoms with Gasteiger partial charge in [0.2, 0.25) is 0 Å². The first-order chi connectivity index (χ1) is 16.6. The van der Waals surface area contributed by atoms with Crippen molar-refractivity contribution >= 4 is 40.9 Å². The summed E-state index contributed by atoms with van der Waals surface area (Å²) in [6, 6.07) is 8.97. The fourth-order valence-corrected chi connectivity index (χ4v) is 3.55. The van der Waals surface area contributed by atoms with Gasteiger partial charge in [0, 0.05) is 54.9 Å². The lowest BCUT2D eigenvalue weighted by atomic mass is 10.0. The van der Waals surface area contributed by atoms with Gasteiger partial charge in [0.15, 0.2) is 0 Å². The van der Waals surface area contributed by atoms with E-state index in [1.54, 1.807) is 37.5 Å². The number of alkyl halides is 3. The van der Waals surface area contributed by atoms with Gasteiger partial charge >= 0.3 is 12.2 Å². The first-order valence-corrected chi connectivity index (χ1v) is 10.8. The van der Waals surface area contributed by atoms with E-state index in [4.69, 9.17) is 22.1 Å². The Morgan fingerprint density at radius 3 is 2.46 bits per heavy atom. The maximum atomic E-state index is 13.0. The molecule has 4 N–H and O–H groups in total. The number of urea groups is 1. The fraction of sp³-hybridized carbons (Fsp3) is 0.208. The predicted molar refractivity (Wildman–Crippen MR) is 132 cm³/mol. The van der Waals surface area contributed by atoms with Crippen molar-refractivity contribution in [3.8, 4) is 5.75 Å². The Labute approximate surface area is 205 Å². The second kappa shape index (κ2) is 11.1. The van der Waals surface area contributed by atoms with Gasteiger partial charge in [-0.05, 0) is 49.4 Å². The highest BCUT2D eigenvalue weighted by Crippen LogP contribution is 2.36. The zero-order valence-electron chi connectivity index (χ0n) is 18.9. The number of benzene rings is 2. The van der Waals surface area contributed by atoms with E-state index in [0.717, 1.165) is 23.5 Å². The highest BCUT2D eigenvalue weighted by molar-refractivity contribution is 6.31. The number of anilines is 2. The molecule has 0 aromatic heterocycles. The van der Waals surface area contributed by atoms with Crippen molar-refractivity contribution in [2.45, 2.75) is 19.5 Å². The van der Waals surface area contributed by atoms with Gasteiger partial charge in [-0.3, -0.25) is 9.98 Å². The standard InChI is InChI=1S/C24H23ClF3N5O2/c1-14-21(9-10-31-22(14)15(12-29)13-30-2)35-18-6-3-16(4-7-18)32-23(34)33-17-5-8-20(25)19(11-17)24(26,27)28/h3-8,11-13H,9-10,29H2,1-2H3,(H2,32,33,34). The summed E-state index contributed by atoms with van der Waals surface area (Å²) >= 11 is 5.60. The van der Waals surface area contributed by atoms with Crippen LogP contribution in [0.3, 0.4) is 0 Å². The molecular formula is C24H23ClF3N5O2. The van der Waals surface area contributed by atoms with Gasteiger partial charge < -0.3 is 21.1 Å². The minimum absolute atomic E-state index is 0.0460. The number of nitrogens with zero attached hydrogens (tertiary/aromatic N) is 2. The Morgan fingerprint density at radius 1 is 1.17 bits per heavy atom. The molecule has 1 heterocycles. The number of aliphatic imine (C=N–C) groups is 2. The van der Waals surface area contributed by atoms with Crippen LogP contribution in [0.4, 0.5) is 29.3 Å². The molecule has 0 saturated carbocycles. The Morgan fingerprint density at radius 2 is 1.83 bits per heavy atom. The number of dihydropyridines is 1. The molecule has 11 heteroatoms. The molecule has 1 aliphatic heterocycles. The van der Waals surface area contributed by atoms with Crippen LogP contribution in [0, 0.1) is 0 Å². The summed E-state index contributed by atoms with van der Waals surface area (Å²) in [7, 11) is 1.65. The monoisotopic (exact) mass is 505 g/mol. The summed E-state index contributed by atoms with van der Waals surface area (Å²) in [6.07, 6.45) is -0.950. The van der Waals surface area contributed by atoms with Crippen LogP contribution in [0.2, 0.25) is 5.02 Å². The summed E-state index contributed by atoms with van der Waals surface area (Å²) in [5, 5.41) is 4.47. The molecule has 184 valence electrons. The van der Waals surface area contributed by atoms with E-state index in [2.05, 4.69) is 20.6 Å². The van der Waals surface area contributed by atoms with Crippen molar-refractivity contribution in [1.82, 2.24) is 0 Å². The molecule has 2 aromatic rings. The largest absolute Gasteiger partial charge is 0.461 e. The lowest BCUT2D eigenvalue weighted by molar-refractivity contribution is -0.137. The first kappa shape index (κ1) is 25.8. The highest BCUT2D eigenvalue weighted by atomic mass is 35.5. The van der Waals surface area contributed by atoms with E-state index in [1.165, 1.54) is 12.3 Å². The van der Waals surface area contributed by atoms with E-state index >= 15 is 0 Å². The normalized spacial score (nSPS) is 14.7. The number of carbonyl (C=O) groups is 1. The summed E-state index contributed by atoms with van der Waals surface area (Å²) in [6.45, 7) is 2.43. The van der Waals surface area contributed by atoms with Gasteiger partial charge in [-0.2, -0.15) is 13.2 Å². The fourth-order valence-electron chi connectivity index (χ4n) is 3.33. The van der Waals surface area contributed by atoms with E-state index in [1.807, 2.05) is 6.92 Å². The molecular weight excluding hydrogens is 483 g/mol. The Bertz CT molecular complexity index is 1220. The average molecular weight is 506 g/mol. The SMILES string of the molecule is CN=CC(=CN)C1=NCCC(Oc2ccc(NC(=O)Nc3ccc(Cl)c(C(F)(F)F)c3)cc2)=C1C. The first-order valence-electron chi connectivity index (χ1n) is 10.4. The molecule has 35 heavy (non-hydrogen) atoms. The molecule has 0 fully saturated rings. The van der Waals surface area contributed by atoms with E-state index < -0.39 is 22.8 Å². The molecule has 2 amide bonds. The van der Waals surface area contributed by atoms with Crippen LogP contribution in [0.1, 0.15) is 18.9 Å². The maximum Gasteiger partial charge on any atom is 0.417 e. The average Bonchev–Trinajstić information content (AvgIpc) is 2.81. The van der Waals surface area contributed by atoms with Crippen molar-refractivity contribution < 1.29 is 22.7 Å². The third-order valence-corrected chi connectivity index (χ3v) is 5.32. The van der Waals surface area contributed by atoms with Crippen molar-refractivity contribution in [1.29, 1.82) is 0 Å². The minimum atomic E-state index is -4.63. The predicted octanol–water partition coefficient (Wildman–Crippen LogP) is 6.04. The summed E-state index contributed by atoms with van der Waals surface area (Å²) in [4.78, 5) is 20.7. The molecule has 0 unspecified atom stereocenters. The number of allylic oxidation sites excluding steroid dienone is 2. The molecule has 2 aromatic carbocycles. The zero-order valence-corrected chi connectivity index (χ0v) is 19.7. The number of hydrogen-bond donors (Lipinski definition) is 3. The van der Waals surface area contributed by atoms with Crippen LogP contribution in [0.15, 0.2) is 75.6 Å². The number of amides is 2. The number of hydrogen-bond acceptors (Lipinski definition) is 5. The van der Waals surface area contributed by atoms with Crippen LogP contribution in [-0.2, 0) is 6.18 Å². The number of nitrogens with one attached hydrogen (secondary N) is 2. The van der Waals surface area contributed by atoms with Gasteiger partial charge in [0.1, 0.15) is 11.5 Å². The topological polar surface area (TPSA) is 101 Å². The van der Waals surface area contributed by atoms with Crippen molar-refractivity contribution in [3.05, 3.63) is 76.2 Å². The Kier molecular flexibility index (Phi) is 8.18. The highest BCUT2D eigenvalue weighted by Gasteiger charge is 2.33. The van der Waals surface area contributed by atoms with Gasteiger partial charge in [0.05, 0.1) is 16.3 Å². The van der Waals surface area contributed by atoms with Crippen molar-refractivity contribution in [2.24, 2.45) is 15.7 Å². The van der Waals surface area contributed by atoms with Gasteiger partial charge in [-0.25, -0.2) is 4.79 Å². The number of rotatable bonds is 6. The molecule has 0 radical (unpaired) electrons. The number of carbonyl (C=O) groups excluding carboxylic acids is 1. The molecule has 3 rings (SSSR count). The lowest BCUT2D eigenvalue weighted by Crippen LogP contribution is -2.20. The summed E-state index contributed by atoms with van der Waals surface area (Å²) in [5.41, 5.74) is 7.29. The second-order valence-corrected chi connectivity index (χ2v) is 7.84. The van der Waals surface area contributed by atoms with Crippen LogP contribution in [-0.4, -0.2) is 31.5 Å². The molecule has 0 saturated heterocycles. The molecule has 0 bridgehead atoms. The van der Waals surface area contributed by atoms with Crippen LogP contribution < -0.4 is 21.1 Å². The van der Waals surface area contributed by atoms with Crippen LogP contribution in [0.25, 0.3) is 0 Å². The number of ether oxygens (including phenoxy) is 1. The third-order valence-electron chi connectivity index (χ3n) is 4.99. The third kappa shape index (κ3) is 6.63. The Balaban J connectivity index is 1.66. The maximum absolute atomic E-state index is 13.0. The molecule has 0 aliphatic carbocycles. The summed E-state index contributed by atoms with van der Waals surface area (Å²) in [5.74, 6) is 1.28. The number of nitrogens with two attached hydrogens (primary N) is 1.